The fraction of sp³-hybridized carbons (Fsp3) is 1.00. The SMILES string of the molecule is CC(C)(C)[Si](C)(C)O[Si](O)(O)O. The van der Waals surface area contributed by atoms with E-state index in [0.29, 0.717) is 0 Å². The van der Waals surface area contributed by atoms with Crippen molar-refractivity contribution in [1.29, 1.82) is 0 Å². The maximum absolute atomic E-state index is 8.78. The van der Waals surface area contributed by atoms with Crippen LogP contribution in [0.5, 0.6) is 0 Å². The third-order valence-corrected chi connectivity index (χ3v) is 8.95. The molecule has 0 aliphatic heterocycles. The molecule has 0 amide bonds. The zero-order valence-electron chi connectivity index (χ0n) is 8.25. The van der Waals surface area contributed by atoms with Crippen LogP contribution < -0.4 is 0 Å². The zero-order chi connectivity index (χ0) is 10.2. The van der Waals surface area contributed by atoms with E-state index in [-0.39, 0.29) is 5.04 Å². The second-order valence-electron chi connectivity index (χ2n) is 4.44. The van der Waals surface area contributed by atoms with Crippen LogP contribution in [0.2, 0.25) is 18.1 Å². The Morgan fingerprint density at radius 2 is 1.33 bits per heavy atom. The minimum atomic E-state index is -4.34. The van der Waals surface area contributed by atoms with Gasteiger partial charge >= 0.3 is 9.05 Å². The van der Waals surface area contributed by atoms with Crippen LogP contribution in [0.3, 0.4) is 0 Å². The van der Waals surface area contributed by atoms with Crippen LogP contribution in [-0.2, 0) is 4.12 Å². The number of hydrogen-bond acceptors (Lipinski definition) is 4. The molecular weight excluding hydrogens is 192 g/mol. The van der Waals surface area contributed by atoms with E-state index in [0.717, 1.165) is 0 Å². The summed E-state index contributed by atoms with van der Waals surface area (Å²) in [7, 11) is -6.57. The van der Waals surface area contributed by atoms with Crippen molar-refractivity contribution >= 4 is 17.4 Å². The van der Waals surface area contributed by atoms with Gasteiger partial charge in [-0.1, -0.05) is 20.8 Å². The Bertz CT molecular complexity index is 156. The minimum absolute atomic E-state index is 0.126. The maximum Gasteiger partial charge on any atom is 0.660 e. The summed E-state index contributed by atoms with van der Waals surface area (Å²) >= 11 is 0. The van der Waals surface area contributed by atoms with Crippen LogP contribution >= 0.6 is 0 Å². The molecule has 0 heterocycles. The minimum Gasteiger partial charge on any atom is -0.394 e. The van der Waals surface area contributed by atoms with Crippen molar-refractivity contribution in [3.05, 3.63) is 0 Å². The lowest BCUT2D eigenvalue weighted by Gasteiger charge is -2.37. The van der Waals surface area contributed by atoms with Gasteiger partial charge in [-0.25, -0.2) is 0 Å². The highest BCUT2D eigenvalue weighted by Gasteiger charge is 2.46. The van der Waals surface area contributed by atoms with Crippen LogP contribution in [0, 0.1) is 0 Å². The average molecular weight is 210 g/mol. The molecule has 0 unspecified atom stereocenters. The van der Waals surface area contributed by atoms with E-state index in [1.165, 1.54) is 0 Å². The van der Waals surface area contributed by atoms with E-state index < -0.39 is 17.4 Å². The van der Waals surface area contributed by atoms with Crippen LogP contribution in [0.4, 0.5) is 0 Å². The molecule has 0 aromatic rings. The van der Waals surface area contributed by atoms with Gasteiger partial charge in [0, 0.05) is 0 Å². The molecular formula is C6H18O4Si2. The second kappa shape index (κ2) is 3.20. The smallest absolute Gasteiger partial charge is 0.394 e. The van der Waals surface area contributed by atoms with Crippen molar-refractivity contribution in [3.63, 3.8) is 0 Å². The highest BCUT2D eigenvalue weighted by Crippen LogP contribution is 2.37. The Morgan fingerprint density at radius 3 is 1.42 bits per heavy atom. The summed E-state index contributed by atoms with van der Waals surface area (Å²) in [6, 6.07) is 0. The molecule has 4 nitrogen and oxygen atoms in total. The van der Waals surface area contributed by atoms with E-state index in [2.05, 4.69) is 0 Å². The fourth-order valence-electron chi connectivity index (χ4n) is 0.495. The summed E-state index contributed by atoms with van der Waals surface area (Å²) in [6.45, 7) is 9.56. The normalized spacial score (nSPS) is 15.0. The summed E-state index contributed by atoms with van der Waals surface area (Å²) in [4.78, 5) is 26.3. The maximum atomic E-state index is 8.78. The molecule has 0 saturated carbocycles. The van der Waals surface area contributed by atoms with Gasteiger partial charge in [0.25, 0.3) is 0 Å². The van der Waals surface area contributed by atoms with Crippen molar-refractivity contribution in [2.45, 2.75) is 38.9 Å². The molecule has 74 valence electrons. The van der Waals surface area contributed by atoms with Crippen LogP contribution in [0.15, 0.2) is 0 Å². The van der Waals surface area contributed by atoms with Gasteiger partial charge in [-0.2, -0.15) is 0 Å². The third kappa shape index (κ3) is 3.79. The quantitative estimate of drug-likeness (QED) is 0.578. The van der Waals surface area contributed by atoms with Gasteiger partial charge in [0.1, 0.15) is 0 Å². The Balaban J connectivity index is 4.44. The topological polar surface area (TPSA) is 69.9 Å². The predicted molar refractivity (Wildman–Crippen MR) is 50.7 cm³/mol. The first kappa shape index (κ1) is 12.3. The van der Waals surface area contributed by atoms with Crippen LogP contribution in [0.25, 0.3) is 0 Å². The Kier molecular flexibility index (Phi) is 3.28. The zero-order valence-corrected chi connectivity index (χ0v) is 10.2. The van der Waals surface area contributed by atoms with Gasteiger partial charge in [0.05, 0.1) is 0 Å². The van der Waals surface area contributed by atoms with Crippen molar-refractivity contribution in [1.82, 2.24) is 0 Å². The lowest BCUT2D eigenvalue weighted by molar-refractivity contribution is 0.121. The number of rotatable bonds is 2. The molecule has 0 atom stereocenters. The van der Waals surface area contributed by atoms with Crippen molar-refractivity contribution in [2.24, 2.45) is 0 Å². The Hall–Kier alpha value is 0.274. The first-order valence-electron chi connectivity index (χ1n) is 3.83. The molecule has 0 saturated heterocycles. The highest BCUT2D eigenvalue weighted by molar-refractivity contribution is 6.80. The van der Waals surface area contributed by atoms with Gasteiger partial charge in [-0.15, -0.1) is 0 Å². The summed E-state index contributed by atoms with van der Waals surface area (Å²) in [5, 5.41) is -0.126. The Labute approximate surface area is 75.4 Å². The van der Waals surface area contributed by atoms with Gasteiger partial charge in [-0.3, -0.25) is 0 Å². The first-order valence-corrected chi connectivity index (χ1v) is 8.49. The van der Waals surface area contributed by atoms with Gasteiger partial charge < -0.3 is 18.5 Å². The Morgan fingerprint density at radius 1 is 1.00 bits per heavy atom. The second-order valence-corrected chi connectivity index (χ2v) is 10.9. The molecule has 12 heavy (non-hydrogen) atoms. The first-order chi connectivity index (χ1) is 4.96. The highest BCUT2D eigenvalue weighted by atomic mass is 28.5. The summed E-state index contributed by atoms with van der Waals surface area (Å²) in [5.74, 6) is 0. The lowest BCUT2D eigenvalue weighted by Crippen LogP contribution is -2.53. The molecule has 0 aliphatic carbocycles. The van der Waals surface area contributed by atoms with Gasteiger partial charge in [-0.05, 0) is 18.1 Å². The number of hydrogen-bond donors (Lipinski definition) is 3. The van der Waals surface area contributed by atoms with Crippen molar-refractivity contribution in [3.8, 4) is 0 Å². The standard InChI is InChI=1S/C6H18O4Si2/c1-6(2,3)11(4,5)10-12(7,8)9/h7-9H,1-5H3. The molecule has 6 heteroatoms. The van der Waals surface area contributed by atoms with E-state index in [4.69, 9.17) is 18.5 Å². The molecule has 0 aromatic heterocycles. The molecule has 0 aromatic carbocycles. The molecule has 0 rings (SSSR count). The molecule has 3 N–H and O–H groups in total. The van der Waals surface area contributed by atoms with Crippen LogP contribution in [0.1, 0.15) is 20.8 Å². The van der Waals surface area contributed by atoms with Crippen molar-refractivity contribution < 1.29 is 18.5 Å². The van der Waals surface area contributed by atoms with Crippen LogP contribution in [-0.4, -0.2) is 31.8 Å². The molecule has 0 aliphatic rings. The van der Waals surface area contributed by atoms with E-state index in [1.807, 2.05) is 33.9 Å². The molecule has 0 radical (unpaired) electrons. The molecule has 0 bridgehead atoms. The van der Waals surface area contributed by atoms with E-state index >= 15 is 0 Å². The molecule has 0 fully saturated rings. The monoisotopic (exact) mass is 210 g/mol. The van der Waals surface area contributed by atoms with Gasteiger partial charge in [0.15, 0.2) is 8.32 Å². The lowest BCUT2D eigenvalue weighted by atomic mass is 10.2. The fourth-order valence-corrected chi connectivity index (χ4v) is 4.46. The summed E-state index contributed by atoms with van der Waals surface area (Å²) in [6.07, 6.45) is 0. The summed E-state index contributed by atoms with van der Waals surface area (Å²) in [5.41, 5.74) is 0. The largest absolute Gasteiger partial charge is 0.660 e. The predicted octanol–water partition coefficient (Wildman–Crippen LogP) is 0.421. The molecule has 0 spiro atoms. The summed E-state index contributed by atoms with van der Waals surface area (Å²) < 4.78 is 4.93. The van der Waals surface area contributed by atoms with E-state index in [9.17, 15) is 0 Å². The van der Waals surface area contributed by atoms with Gasteiger partial charge in [0.2, 0.25) is 0 Å². The van der Waals surface area contributed by atoms with Crippen molar-refractivity contribution in [2.75, 3.05) is 0 Å². The third-order valence-electron chi connectivity index (χ3n) is 2.20. The average Bonchev–Trinajstić information content (AvgIpc) is 1.52. The van der Waals surface area contributed by atoms with E-state index in [1.54, 1.807) is 0 Å².